The number of pyridine rings is 1. The molecular formula is C21H19ClN4O5. The molecule has 160 valence electrons. The van der Waals surface area contributed by atoms with E-state index in [4.69, 9.17) is 26.8 Å². The number of aliphatic hydroxyl groups is 1. The highest BCUT2D eigenvalue weighted by atomic mass is 35.5. The lowest BCUT2D eigenvalue weighted by molar-refractivity contribution is 0.0997. The number of urea groups is 1. The highest BCUT2D eigenvalue weighted by Crippen LogP contribution is 2.36. The second kappa shape index (κ2) is 8.29. The van der Waals surface area contributed by atoms with Gasteiger partial charge in [0.25, 0.3) is 5.91 Å². The van der Waals surface area contributed by atoms with Crippen LogP contribution >= 0.6 is 11.6 Å². The zero-order chi connectivity index (χ0) is 22.1. The van der Waals surface area contributed by atoms with Crippen molar-refractivity contribution in [3.05, 3.63) is 53.2 Å². The van der Waals surface area contributed by atoms with E-state index >= 15 is 0 Å². The van der Waals surface area contributed by atoms with Crippen LogP contribution in [-0.2, 0) is 0 Å². The topological polar surface area (TPSA) is 136 Å². The molecule has 1 fully saturated rings. The van der Waals surface area contributed by atoms with Crippen LogP contribution in [0.5, 0.6) is 17.2 Å². The van der Waals surface area contributed by atoms with Gasteiger partial charge in [-0.25, -0.2) is 4.79 Å². The molecule has 1 aliphatic carbocycles. The Morgan fingerprint density at radius 3 is 2.61 bits per heavy atom. The molecule has 2 aromatic carbocycles. The van der Waals surface area contributed by atoms with Crippen molar-refractivity contribution < 1.29 is 24.2 Å². The van der Waals surface area contributed by atoms with E-state index in [0.717, 1.165) is 0 Å². The zero-order valence-corrected chi connectivity index (χ0v) is 17.1. The number of methoxy groups -OCH3 is 1. The third-order valence-electron chi connectivity index (χ3n) is 4.77. The average molecular weight is 443 g/mol. The van der Waals surface area contributed by atoms with Crippen LogP contribution in [0, 0.1) is 0 Å². The number of anilines is 1. The summed E-state index contributed by atoms with van der Waals surface area (Å²) in [5.41, 5.74) is 6.66. The Morgan fingerprint density at radius 2 is 1.97 bits per heavy atom. The first-order valence-corrected chi connectivity index (χ1v) is 9.73. The van der Waals surface area contributed by atoms with Gasteiger partial charge in [-0.3, -0.25) is 9.78 Å². The molecule has 5 N–H and O–H groups in total. The molecule has 4 rings (SSSR count). The van der Waals surface area contributed by atoms with Gasteiger partial charge in [0.1, 0.15) is 17.2 Å². The lowest BCUT2D eigenvalue weighted by Gasteiger charge is -2.13. The number of hydrogen-bond acceptors (Lipinski definition) is 6. The Kier molecular flexibility index (Phi) is 5.53. The molecule has 0 radical (unpaired) electrons. The number of ether oxygens (including phenoxy) is 2. The van der Waals surface area contributed by atoms with Gasteiger partial charge in [-0.1, -0.05) is 11.6 Å². The van der Waals surface area contributed by atoms with Crippen molar-refractivity contribution in [1.29, 1.82) is 0 Å². The summed E-state index contributed by atoms with van der Waals surface area (Å²) in [6.45, 7) is 0. The quantitative estimate of drug-likeness (QED) is 0.463. The number of nitrogens with one attached hydrogen (secondary N) is 2. The van der Waals surface area contributed by atoms with Crippen molar-refractivity contribution in [3.63, 3.8) is 0 Å². The molecule has 1 heterocycles. The van der Waals surface area contributed by atoms with Crippen molar-refractivity contribution in [2.45, 2.75) is 18.6 Å². The SMILES string of the molecule is COc1cc2nccc(Oc3ccc(NC(=O)NC4CC4O)cc3Cl)c2cc1C(N)=O. The maximum atomic E-state index is 11.9. The number of aliphatic hydroxyl groups excluding tert-OH is 1. The Bertz CT molecular complexity index is 1190. The molecule has 0 bridgehead atoms. The number of carbonyl (C=O) groups is 2. The Hall–Kier alpha value is -3.56. The predicted octanol–water partition coefficient (Wildman–Crippen LogP) is 3.04. The van der Waals surface area contributed by atoms with Crippen LogP contribution < -0.4 is 25.8 Å². The largest absolute Gasteiger partial charge is 0.496 e. The molecule has 31 heavy (non-hydrogen) atoms. The van der Waals surface area contributed by atoms with Crippen LogP contribution in [0.1, 0.15) is 16.8 Å². The first kappa shape index (κ1) is 20.7. The number of hydrogen-bond donors (Lipinski definition) is 4. The van der Waals surface area contributed by atoms with Crippen LogP contribution in [-0.4, -0.2) is 41.3 Å². The van der Waals surface area contributed by atoms with E-state index in [1.165, 1.54) is 7.11 Å². The molecular weight excluding hydrogens is 424 g/mol. The number of rotatable bonds is 6. The highest BCUT2D eigenvalue weighted by Gasteiger charge is 2.36. The van der Waals surface area contributed by atoms with Crippen LogP contribution in [0.2, 0.25) is 5.02 Å². The van der Waals surface area contributed by atoms with E-state index in [-0.39, 0.29) is 16.6 Å². The maximum absolute atomic E-state index is 11.9. The monoisotopic (exact) mass is 442 g/mol. The minimum Gasteiger partial charge on any atom is -0.496 e. The summed E-state index contributed by atoms with van der Waals surface area (Å²) in [4.78, 5) is 28.0. The number of nitrogens with two attached hydrogens (primary N) is 1. The summed E-state index contributed by atoms with van der Waals surface area (Å²) >= 11 is 6.34. The van der Waals surface area contributed by atoms with Crippen molar-refractivity contribution in [2.75, 3.05) is 12.4 Å². The molecule has 1 aliphatic rings. The number of halogens is 1. The molecule has 9 nitrogen and oxygen atoms in total. The number of fused-ring (bicyclic) bond motifs is 1. The van der Waals surface area contributed by atoms with Gasteiger partial charge in [-0.2, -0.15) is 0 Å². The van der Waals surface area contributed by atoms with E-state index in [9.17, 15) is 14.7 Å². The second-order valence-corrected chi connectivity index (χ2v) is 7.41. The summed E-state index contributed by atoms with van der Waals surface area (Å²) < 4.78 is 11.2. The average Bonchev–Trinajstić information content (AvgIpc) is 3.42. The lowest BCUT2D eigenvalue weighted by Crippen LogP contribution is -2.32. The van der Waals surface area contributed by atoms with E-state index < -0.39 is 18.0 Å². The van der Waals surface area contributed by atoms with E-state index in [1.807, 2.05) is 0 Å². The summed E-state index contributed by atoms with van der Waals surface area (Å²) in [6.07, 6.45) is 1.61. The Morgan fingerprint density at radius 1 is 1.19 bits per heavy atom. The normalized spacial score (nSPS) is 17.1. The summed E-state index contributed by atoms with van der Waals surface area (Å²) in [7, 11) is 1.44. The number of nitrogens with zero attached hydrogens (tertiary/aromatic N) is 1. The van der Waals surface area contributed by atoms with Gasteiger partial charge in [0.2, 0.25) is 0 Å². The Balaban J connectivity index is 1.58. The van der Waals surface area contributed by atoms with Gasteiger partial charge in [-0.15, -0.1) is 0 Å². The third kappa shape index (κ3) is 4.47. The van der Waals surface area contributed by atoms with Crippen molar-refractivity contribution >= 4 is 40.1 Å². The summed E-state index contributed by atoms with van der Waals surface area (Å²) in [5.74, 6) is 0.432. The number of amides is 3. The van der Waals surface area contributed by atoms with E-state index in [1.54, 1.807) is 42.6 Å². The number of aromatic nitrogens is 1. The van der Waals surface area contributed by atoms with E-state index in [0.29, 0.717) is 40.3 Å². The fraction of sp³-hybridized carbons (Fsp3) is 0.190. The standard InChI is InChI=1S/C21H19ClN4O5/c1-30-19-9-14-11(7-12(19)20(23)28)17(4-5-24-14)31-18-3-2-10(6-13(18)22)25-21(29)26-15-8-16(15)27/h2-7,9,15-16,27H,8H2,1H3,(H2,23,28)(H2,25,26,29). The van der Waals surface area contributed by atoms with Crippen molar-refractivity contribution in [1.82, 2.24) is 10.3 Å². The minimum absolute atomic E-state index is 0.199. The molecule has 2 unspecified atom stereocenters. The number of benzene rings is 2. The van der Waals surface area contributed by atoms with Crippen LogP contribution in [0.25, 0.3) is 10.9 Å². The molecule has 10 heteroatoms. The van der Waals surface area contributed by atoms with Crippen LogP contribution in [0.15, 0.2) is 42.6 Å². The van der Waals surface area contributed by atoms with Gasteiger partial charge in [-0.05, 0) is 36.8 Å². The smallest absolute Gasteiger partial charge is 0.319 e. The first-order chi connectivity index (χ1) is 14.9. The van der Waals surface area contributed by atoms with Crippen LogP contribution in [0.4, 0.5) is 10.5 Å². The number of carbonyl (C=O) groups excluding carboxylic acids is 2. The summed E-state index contributed by atoms with van der Waals surface area (Å²) in [6, 6.07) is 8.92. The lowest BCUT2D eigenvalue weighted by atomic mass is 10.1. The first-order valence-electron chi connectivity index (χ1n) is 9.35. The molecule has 0 aliphatic heterocycles. The van der Waals surface area contributed by atoms with Gasteiger partial charge in [0, 0.05) is 23.3 Å². The molecule has 2 atom stereocenters. The fourth-order valence-electron chi connectivity index (χ4n) is 3.05. The molecule has 3 aromatic rings. The van der Waals surface area contributed by atoms with Gasteiger partial charge in [0.05, 0.1) is 35.4 Å². The minimum atomic E-state index is -0.640. The Labute approximate surface area is 182 Å². The molecule has 0 saturated heterocycles. The third-order valence-corrected chi connectivity index (χ3v) is 5.07. The molecule has 1 saturated carbocycles. The highest BCUT2D eigenvalue weighted by molar-refractivity contribution is 6.32. The maximum Gasteiger partial charge on any atom is 0.319 e. The van der Waals surface area contributed by atoms with Gasteiger partial charge >= 0.3 is 6.03 Å². The molecule has 3 amide bonds. The van der Waals surface area contributed by atoms with Crippen molar-refractivity contribution in [3.8, 4) is 17.2 Å². The fourth-order valence-corrected chi connectivity index (χ4v) is 3.27. The zero-order valence-electron chi connectivity index (χ0n) is 16.4. The molecule has 1 aromatic heterocycles. The summed E-state index contributed by atoms with van der Waals surface area (Å²) in [5, 5.41) is 15.4. The predicted molar refractivity (Wildman–Crippen MR) is 115 cm³/mol. The number of primary amides is 1. The van der Waals surface area contributed by atoms with Crippen molar-refractivity contribution in [2.24, 2.45) is 5.73 Å². The van der Waals surface area contributed by atoms with Gasteiger partial charge in [0.15, 0.2) is 0 Å². The second-order valence-electron chi connectivity index (χ2n) is 7.00. The van der Waals surface area contributed by atoms with Gasteiger partial charge < -0.3 is 30.9 Å². The molecule has 0 spiro atoms. The van der Waals surface area contributed by atoms with Crippen LogP contribution in [0.3, 0.4) is 0 Å². The van der Waals surface area contributed by atoms with E-state index in [2.05, 4.69) is 15.6 Å².